The minimum Gasteiger partial charge on any atom is -0.344 e. The van der Waals surface area contributed by atoms with E-state index >= 15 is 0 Å². The predicted molar refractivity (Wildman–Crippen MR) is 63.7 cm³/mol. The lowest BCUT2D eigenvalue weighted by molar-refractivity contribution is 0.859. The van der Waals surface area contributed by atoms with Crippen LogP contribution >= 0.6 is 24.8 Å². The summed E-state index contributed by atoms with van der Waals surface area (Å²) >= 11 is 8.85. The Morgan fingerprint density at radius 3 is 3.00 bits per heavy atom. The lowest BCUT2D eigenvalue weighted by Gasteiger charge is -2.06. The van der Waals surface area contributed by atoms with Gasteiger partial charge < -0.3 is 16.0 Å². The molecule has 0 aliphatic carbocycles. The molecule has 5 heteroatoms. The number of thiocarbonyl (C=S) groups is 1. The molecule has 2 rings (SSSR count). The average molecular weight is 213 g/mol. The lowest BCUT2D eigenvalue weighted by Crippen LogP contribution is -2.06. The Morgan fingerprint density at radius 1 is 1.54 bits per heavy atom. The van der Waals surface area contributed by atoms with E-state index in [4.69, 9.17) is 12.2 Å². The Balaban J connectivity index is 0.000000845. The maximum atomic E-state index is 4.83. The SMILES string of the molecule is N.S=C(S)Nc1ccc2n1CC=C2. The molecule has 2 heterocycles. The van der Waals surface area contributed by atoms with Gasteiger partial charge in [-0.1, -0.05) is 18.3 Å². The van der Waals surface area contributed by atoms with Crippen LogP contribution in [0.5, 0.6) is 0 Å². The van der Waals surface area contributed by atoms with Gasteiger partial charge in [0.1, 0.15) is 10.1 Å². The molecular formula is C8H11N3S2. The highest BCUT2D eigenvalue weighted by atomic mass is 32.1. The summed E-state index contributed by atoms with van der Waals surface area (Å²) in [4.78, 5) is 0. The zero-order valence-electron chi connectivity index (χ0n) is 7.03. The van der Waals surface area contributed by atoms with Crippen molar-refractivity contribution < 1.29 is 0 Å². The van der Waals surface area contributed by atoms with Crippen molar-refractivity contribution in [3.8, 4) is 0 Å². The van der Waals surface area contributed by atoms with Crippen LogP contribution in [0.1, 0.15) is 5.69 Å². The summed E-state index contributed by atoms with van der Waals surface area (Å²) in [5, 5.41) is 3.00. The molecule has 4 N–H and O–H groups in total. The van der Waals surface area contributed by atoms with Crippen LogP contribution in [0, 0.1) is 0 Å². The first-order valence-corrected chi connectivity index (χ1v) is 4.49. The predicted octanol–water partition coefficient (Wildman–Crippen LogP) is 2.30. The molecule has 0 aromatic carbocycles. The van der Waals surface area contributed by atoms with Crippen LogP contribution in [-0.2, 0) is 6.54 Å². The smallest absolute Gasteiger partial charge is 0.136 e. The van der Waals surface area contributed by atoms with Gasteiger partial charge in [0, 0.05) is 12.2 Å². The number of nitrogens with zero attached hydrogens (tertiary/aromatic N) is 1. The molecule has 0 amide bonds. The fourth-order valence-electron chi connectivity index (χ4n) is 1.33. The fraction of sp³-hybridized carbons (Fsp3) is 0.125. The molecule has 1 aliphatic heterocycles. The van der Waals surface area contributed by atoms with Crippen molar-refractivity contribution in [1.29, 1.82) is 0 Å². The molecule has 0 fully saturated rings. The fourth-order valence-corrected chi connectivity index (χ4v) is 1.55. The Hall–Kier alpha value is -0.780. The normalized spacial score (nSPS) is 12.1. The summed E-state index contributed by atoms with van der Waals surface area (Å²) in [6.07, 6.45) is 4.20. The van der Waals surface area contributed by atoms with Gasteiger partial charge in [-0.25, -0.2) is 0 Å². The van der Waals surface area contributed by atoms with Crippen molar-refractivity contribution in [1.82, 2.24) is 10.7 Å². The van der Waals surface area contributed by atoms with Crippen LogP contribution in [0.3, 0.4) is 0 Å². The molecule has 0 spiro atoms. The van der Waals surface area contributed by atoms with E-state index in [9.17, 15) is 0 Å². The number of thiol groups is 1. The Bertz CT molecular complexity index is 354. The highest BCUT2D eigenvalue weighted by Gasteiger charge is 2.08. The van der Waals surface area contributed by atoms with E-state index in [1.807, 2.05) is 6.07 Å². The second kappa shape index (κ2) is 3.95. The van der Waals surface area contributed by atoms with Gasteiger partial charge in [0.05, 0.1) is 0 Å². The summed E-state index contributed by atoms with van der Waals surface area (Å²) in [5.74, 6) is 1.01. The van der Waals surface area contributed by atoms with Crippen LogP contribution in [0.2, 0.25) is 0 Å². The summed E-state index contributed by atoms with van der Waals surface area (Å²) in [6.45, 7) is 0.918. The third-order valence-electron chi connectivity index (χ3n) is 1.83. The van der Waals surface area contributed by atoms with Crippen LogP contribution < -0.4 is 11.5 Å². The molecular weight excluding hydrogens is 202 g/mol. The van der Waals surface area contributed by atoms with E-state index in [0.29, 0.717) is 4.32 Å². The molecule has 0 radical (unpaired) electrons. The quantitative estimate of drug-likeness (QED) is 0.495. The van der Waals surface area contributed by atoms with Gasteiger partial charge in [0.15, 0.2) is 0 Å². The molecule has 0 unspecified atom stereocenters. The number of hydrogen-bond acceptors (Lipinski definition) is 2. The monoisotopic (exact) mass is 213 g/mol. The van der Waals surface area contributed by atoms with Gasteiger partial charge in [-0.3, -0.25) is 0 Å². The largest absolute Gasteiger partial charge is 0.344 e. The number of aromatic nitrogens is 1. The van der Waals surface area contributed by atoms with Crippen molar-refractivity contribution in [2.75, 3.05) is 5.32 Å². The van der Waals surface area contributed by atoms with E-state index in [0.717, 1.165) is 12.4 Å². The molecule has 0 bridgehead atoms. The summed E-state index contributed by atoms with van der Waals surface area (Å²) < 4.78 is 2.64. The van der Waals surface area contributed by atoms with Crippen LogP contribution in [0.4, 0.5) is 5.82 Å². The molecule has 1 aromatic rings. The van der Waals surface area contributed by atoms with Crippen molar-refractivity contribution >= 4 is 41.1 Å². The Labute approximate surface area is 87.8 Å². The molecule has 0 saturated heterocycles. The standard InChI is InChI=1S/C8H8N2S2.H3N/c11-8(12)9-7-4-3-6-2-1-5-10(6)7;/h1-4H,5H2,(H2,9,11,12);1H3. The van der Waals surface area contributed by atoms with Gasteiger partial charge in [0.25, 0.3) is 0 Å². The van der Waals surface area contributed by atoms with Crippen LogP contribution in [0.25, 0.3) is 6.08 Å². The Kier molecular flexibility index (Phi) is 3.13. The first-order chi connectivity index (χ1) is 5.77. The average Bonchev–Trinajstić information content (AvgIpc) is 2.52. The van der Waals surface area contributed by atoms with Crippen molar-refractivity contribution in [2.45, 2.75) is 6.54 Å². The third kappa shape index (κ3) is 1.93. The summed E-state index contributed by atoms with van der Waals surface area (Å²) in [5.41, 5.74) is 1.21. The minimum absolute atomic E-state index is 0. The van der Waals surface area contributed by atoms with Gasteiger partial charge in [0.2, 0.25) is 0 Å². The minimum atomic E-state index is 0. The van der Waals surface area contributed by atoms with E-state index < -0.39 is 0 Å². The number of hydrogen-bond donors (Lipinski definition) is 3. The maximum Gasteiger partial charge on any atom is 0.136 e. The lowest BCUT2D eigenvalue weighted by atomic mass is 10.4. The summed E-state index contributed by atoms with van der Waals surface area (Å²) in [6, 6.07) is 4.05. The van der Waals surface area contributed by atoms with Crippen molar-refractivity contribution in [3.63, 3.8) is 0 Å². The van der Waals surface area contributed by atoms with Gasteiger partial charge >= 0.3 is 0 Å². The zero-order chi connectivity index (χ0) is 8.55. The second-order valence-electron chi connectivity index (χ2n) is 2.59. The summed E-state index contributed by atoms with van der Waals surface area (Å²) in [7, 11) is 0. The topological polar surface area (TPSA) is 52.0 Å². The van der Waals surface area contributed by atoms with E-state index in [1.165, 1.54) is 5.69 Å². The number of anilines is 1. The van der Waals surface area contributed by atoms with Gasteiger partial charge in [-0.05, 0) is 18.2 Å². The Morgan fingerprint density at radius 2 is 2.31 bits per heavy atom. The molecule has 13 heavy (non-hydrogen) atoms. The maximum absolute atomic E-state index is 4.83. The molecule has 70 valence electrons. The molecule has 0 saturated carbocycles. The van der Waals surface area contributed by atoms with E-state index in [-0.39, 0.29) is 6.15 Å². The number of fused-ring (bicyclic) bond motifs is 1. The molecule has 0 atom stereocenters. The highest BCUT2D eigenvalue weighted by molar-refractivity contribution is 8.11. The number of rotatable bonds is 1. The number of allylic oxidation sites excluding steroid dienone is 1. The van der Waals surface area contributed by atoms with Gasteiger partial charge in [-0.15, -0.1) is 12.6 Å². The highest BCUT2D eigenvalue weighted by Crippen LogP contribution is 2.20. The van der Waals surface area contributed by atoms with E-state index in [1.54, 1.807) is 0 Å². The first kappa shape index (κ1) is 10.3. The second-order valence-corrected chi connectivity index (χ2v) is 3.74. The van der Waals surface area contributed by atoms with Crippen molar-refractivity contribution in [2.24, 2.45) is 0 Å². The van der Waals surface area contributed by atoms with Crippen LogP contribution in [-0.4, -0.2) is 8.89 Å². The zero-order valence-corrected chi connectivity index (χ0v) is 8.74. The molecule has 1 aromatic heterocycles. The third-order valence-corrected chi connectivity index (χ3v) is 2.04. The number of nitrogens with one attached hydrogen (secondary N) is 1. The molecule has 3 nitrogen and oxygen atoms in total. The first-order valence-electron chi connectivity index (χ1n) is 3.63. The van der Waals surface area contributed by atoms with Crippen LogP contribution in [0.15, 0.2) is 18.2 Å². The van der Waals surface area contributed by atoms with Gasteiger partial charge in [-0.2, -0.15) is 0 Å². The van der Waals surface area contributed by atoms with E-state index in [2.05, 4.69) is 40.7 Å². The molecule has 1 aliphatic rings. The van der Waals surface area contributed by atoms with Crippen molar-refractivity contribution in [3.05, 3.63) is 23.9 Å².